The number of hydrogen-bond acceptors (Lipinski definition) is 3. The first-order valence-corrected chi connectivity index (χ1v) is 10.0. The molecule has 0 radical (unpaired) electrons. The van der Waals surface area contributed by atoms with Crippen LogP contribution in [0, 0.1) is 18.2 Å². The molecule has 2 rings (SSSR count). The van der Waals surface area contributed by atoms with E-state index in [0.717, 1.165) is 49.7 Å². The summed E-state index contributed by atoms with van der Waals surface area (Å²) in [6.45, 7) is 10.7. The first kappa shape index (κ1) is 22.0. The van der Waals surface area contributed by atoms with Crippen molar-refractivity contribution in [2.75, 3.05) is 38.1 Å². The average molecular weight is 392 g/mol. The number of guanidine groups is 1. The molecule has 0 saturated carbocycles. The molecule has 0 spiro atoms. The van der Waals surface area contributed by atoms with Gasteiger partial charge < -0.3 is 20.9 Å². The molecular weight excluding hydrogens is 357 g/mol. The van der Waals surface area contributed by atoms with Crippen LogP contribution in [0.5, 0.6) is 0 Å². The van der Waals surface area contributed by atoms with Crippen molar-refractivity contribution >= 4 is 17.6 Å². The van der Waals surface area contributed by atoms with Crippen molar-refractivity contribution in [2.24, 2.45) is 10.4 Å². The zero-order chi connectivity index (χ0) is 20.7. The summed E-state index contributed by atoms with van der Waals surface area (Å²) in [6, 6.07) is 5.20. The number of benzene rings is 1. The second kappa shape index (κ2) is 9.75. The number of anilines is 1. The van der Waals surface area contributed by atoms with Gasteiger partial charge >= 0.3 is 0 Å². The smallest absolute Gasteiger partial charge is 0.227 e. The molecule has 1 atom stereocenters. The second-order valence-electron chi connectivity index (χ2n) is 8.02. The number of hydrogen-bond donors (Lipinski definition) is 3. The standard InChI is InChI=1S/C21H34FN5O/c1-6-24-20(25-14-21(3,4)19(28)23-5)26-17-8-7-11-27(13-17)18-10-9-16(22)12-15(18)2/h9-10,12,17H,6-8,11,13-14H2,1-5H3,(H,23,28)(H2,24,25,26). The van der Waals surface area contributed by atoms with Gasteiger partial charge in [0.15, 0.2) is 5.96 Å². The number of halogens is 1. The molecule has 28 heavy (non-hydrogen) atoms. The number of nitrogens with zero attached hydrogens (tertiary/aromatic N) is 2. The third-order valence-corrected chi connectivity index (χ3v) is 5.08. The Morgan fingerprint density at radius 3 is 2.79 bits per heavy atom. The van der Waals surface area contributed by atoms with E-state index in [1.165, 1.54) is 6.07 Å². The van der Waals surface area contributed by atoms with Crippen LogP contribution in [0.3, 0.4) is 0 Å². The predicted molar refractivity (Wildman–Crippen MR) is 113 cm³/mol. The van der Waals surface area contributed by atoms with Gasteiger partial charge in [0, 0.05) is 38.4 Å². The molecule has 1 amide bonds. The molecule has 7 heteroatoms. The number of aliphatic imine (C=N–C) groups is 1. The maximum Gasteiger partial charge on any atom is 0.227 e. The molecule has 6 nitrogen and oxygen atoms in total. The van der Waals surface area contributed by atoms with E-state index in [1.54, 1.807) is 13.1 Å². The van der Waals surface area contributed by atoms with E-state index in [2.05, 4.69) is 25.8 Å². The van der Waals surface area contributed by atoms with Crippen LogP contribution < -0.4 is 20.9 Å². The fourth-order valence-corrected chi connectivity index (χ4v) is 3.49. The fourth-order valence-electron chi connectivity index (χ4n) is 3.49. The normalized spacial score (nSPS) is 18.0. The molecule has 1 aromatic carbocycles. The zero-order valence-electron chi connectivity index (χ0n) is 17.7. The first-order valence-electron chi connectivity index (χ1n) is 10.0. The van der Waals surface area contributed by atoms with Gasteiger partial charge in [0.1, 0.15) is 5.82 Å². The SMILES string of the molecule is CCNC(=NCC(C)(C)C(=O)NC)NC1CCCN(c2ccc(F)cc2C)C1. The van der Waals surface area contributed by atoms with Gasteiger partial charge in [-0.15, -0.1) is 0 Å². The summed E-state index contributed by atoms with van der Waals surface area (Å²) in [5.74, 6) is 0.498. The van der Waals surface area contributed by atoms with E-state index in [1.807, 2.05) is 33.8 Å². The molecular formula is C21H34FN5O. The average Bonchev–Trinajstić information content (AvgIpc) is 2.66. The van der Waals surface area contributed by atoms with Crippen LogP contribution in [-0.4, -0.2) is 51.1 Å². The van der Waals surface area contributed by atoms with Crippen molar-refractivity contribution in [1.29, 1.82) is 0 Å². The summed E-state index contributed by atoms with van der Waals surface area (Å²) in [6.07, 6.45) is 2.09. The molecule has 1 heterocycles. The maximum atomic E-state index is 13.4. The first-order chi connectivity index (χ1) is 13.3. The third-order valence-electron chi connectivity index (χ3n) is 5.08. The minimum atomic E-state index is -0.569. The van der Waals surface area contributed by atoms with Crippen LogP contribution in [-0.2, 0) is 4.79 Å². The highest BCUT2D eigenvalue weighted by atomic mass is 19.1. The van der Waals surface area contributed by atoms with Gasteiger partial charge in [0.25, 0.3) is 0 Å². The molecule has 1 aromatic rings. The van der Waals surface area contributed by atoms with Crippen LogP contribution in [0.15, 0.2) is 23.2 Å². The monoisotopic (exact) mass is 391 g/mol. The van der Waals surface area contributed by atoms with Gasteiger partial charge in [0.05, 0.1) is 12.0 Å². The predicted octanol–water partition coefficient (Wildman–Crippen LogP) is 2.43. The number of nitrogens with one attached hydrogen (secondary N) is 3. The Morgan fingerprint density at radius 2 is 2.14 bits per heavy atom. The molecule has 156 valence electrons. The number of amides is 1. The third kappa shape index (κ3) is 5.84. The number of carbonyl (C=O) groups excluding carboxylic acids is 1. The summed E-state index contributed by atoms with van der Waals surface area (Å²) >= 11 is 0. The molecule has 1 fully saturated rings. The van der Waals surface area contributed by atoms with Gasteiger partial charge in [-0.05, 0) is 64.3 Å². The lowest BCUT2D eigenvalue weighted by molar-refractivity contribution is -0.128. The topological polar surface area (TPSA) is 68.8 Å². The van der Waals surface area contributed by atoms with Crippen molar-refractivity contribution in [1.82, 2.24) is 16.0 Å². The fraction of sp³-hybridized carbons (Fsp3) is 0.619. The van der Waals surface area contributed by atoms with Gasteiger partial charge in [0.2, 0.25) is 5.91 Å². The Morgan fingerprint density at radius 1 is 1.39 bits per heavy atom. The van der Waals surface area contributed by atoms with Gasteiger partial charge in [-0.1, -0.05) is 0 Å². The van der Waals surface area contributed by atoms with E-state index in [-0.39, 0.29) is 17.8 Å². The van der Waals surface area contributed by atoms with Crippen molar-refractivity contribution in [2.45, 2.75) is 46.6 Å². The van der Waals surface area contributed by atoms with Crippen LogP contribution in [0.1, 0.15) is 39.2 Å². The van der Waals surface area contributed by atoms with Crippen LogP contribution in [0.2, 0.25) is 0 Å². The molecule has 1 aliphatic rings. The van der Waals surface area contributed by atoms with Crippen molar-refractivity contribution in [3.63, 3.8) is 0 Å². The van der Waals surface area contributed by atoms with Gasteiger partial charge in [-0.25, -0.2) is 4.39 Å². The zero-order valence-corrected chi connectivity index (χ0v) is 17.7. The van der Waals surface area contributed by atoms with Gasteiger partial charge in [-0.2, -0.15) is 0 Å². The Kier molecular flexibility index (Phi) is 7.66. The summed E-state index contributed by atoms with van der Waals surface area (Å²) in [7, 11) is 1.64. The van der Waals surface area contributed by atoms with E-state index in [9.17, 15) is 9.18 Å². The van der Waals surface area contributed by atoms with Crippen molar-refractivity contribution in [3.05, 3.63) is 29.6 Å². The molecule has 0 bridgehead atoms. The van der Waals surface area contributed by atoms with Crippen LogP contribution in [0.25, 0.3) is 0 Å². The summed E-state index contributed by atoms with van der Waals surface area (Å²) in [5, 5.41) is 9.47. The molecule has 0 aromatic heterocycles. The van der Waals surface area contributed by atoms with E-state index in [4.69, 9.17) is 0 Å². The Labute approximate surface area is 168 Å². The lowest BCUT2D eigenvalue weighted by Gasteiger charge is -2.36. The Bertz CT molecular complexity index is 704. The Balaban J connectivity index is 2.05. The molecule has 1 unspecified atom stereocenters. The minimum absolute atomic E-state index is 0.0253. The molecule has 1 aliphatic heterocycles. The second-order valence-corrected chi connectivity index (χ2v) is 8.02. The minimum Gasteiger partial charge on any atom is -0.369 e. The van der Waals surface area contributed by atoms with Crippen molar-refractivity contribution in [3.8, 4) is 0 Å². The number of carbonyl (C=O) groups is 1. The van der Waals surface area contributed by atoms with Crippen LogP contribution >= 0.6 is 0 Å². The van der Waals surface area contributed by atoms with Gasteiger partial charge in [-0.3, -0.25) is 9.79 Å². The number of rotatable bonds is 6. The quantitative estimate of drug-likeness (QED) is 0.515. The summed E-state index contributed by atoms with van der Waals surface area (Å²) in [4.78, 5) is 18.9. The highest BCUT2D eigenvalue weighted by Crippen LogP contribution is 2.24. The highest BCUT2D eigenvalue weighted by Gasteiger charge is 2.27. The summed E-state index contributed by atoms with van der Waals surface area (Å²) < 4.78 is 13.4. The largest absolute Gasteiger partial charge is 0.369 e. The Hall–Kier alpha value is -2.31. The highest BCUT2D eigenvalue weighted by molar-refractivity contribution is 5.83. The molecule has 0 aliphatic carbocycles. The van der Waals surface area contributed by atoms with Crippen molar-refractivity contribution < 1.29 is 9.18 Å². The van der Waals surface area contributed by atoms with Crippen LogP contribution in [0.4, 0.5) is 10.1 Å². The van der Waals surface area contributed by atoms with E-state index in [0.29, 0.717) is 6.54 Å². The van der Waals surface area contributed by atoms with E-state index >= 15 is 0 Å². The lowest BCUT2D eigenvalue weighted by Crippen LogP contribution is -2.51. The lowest BCUT2D eigenvalue weighted by atomic mass is 9.93. The molecule has 3 N–H and O–H groups in total. The molecule has 1 saturated heterocycles. The number of aryl methyl sites for hydroxylation is 1. The van der Waals surface area contributed by atoms with E-state index < -0.39 is 5.41 Å². The number of piperidine rings is 1. The summed E-state index contributed by atoms with van der Waals surface area (Å²) in [5.41, 5.74) is 1.46. The maximum absolute atomic E-state index is 13.4.